The van der Waals surface area contributed by atoms with Crippen molar-refractivity contribution in [1.29, 1.82) is 0 Å². The van der Waals surface area contributed by atoms with E-state index in [2.05, 4.69) is 4.74 Å². The van der Waals surface area contributed by atoms with Crippen molar-refractivity contribution in [3.05, 3.63) is 0 Å². The number of rotatable bonds is 1. The molecule has 0 aromatic rings. The van der Waals surface area contributed by atoms with Crippen molar-refractivity contribution in [2.75, 3.05) is 6.61 Å². The van der Waals surface area contributed by atoms with E-state index in [1.54, 1.807) is 0 Å². The quantitative estimate of drug-likeness (QED) is 0.368. The maximum Gasteiger partial charge on any atom is 0.184 e. The van der Waals surface area contributed by atoms with Crippen LogP contribution in [0.5, 0.6) is 0 Å². The maximum atomic E-state index is 12.8. The van der Waals surface area contributed by atoms with E-state index in [9.17, 15) is 4.39 Å². The van der Waals surface area contributed by atoms with Crippen molar-refractivity contribution in [2.24, 2.45) is 0 Å². The Labute approximate surface area is 68.0 Å². The lowest BCUT2D eigenvalue weighted by molar-refractivity contribution is -0.274. The third-order valence-electron chi connectivity index (χ3n) is 1.82. The van der Waals surface area contributed by atoms with Crippen LogP contribution >= 0.6 is 0 Å². The summed E-state index contributed by atoms with van der Waals surface area (Å²) in [5.74, 6) is 0. The van der Waals surface area contributed by atoms with Crippen LogP contribution in [0.25, 0.3) is 0 Å². The number of aliphatic hydroxyl groups is 4. The van der Waals surface area contributed by atoms with Crippen molar-refractivity contribution in [3.8, 4) is 0 Å². The van der Waals surface area contributed by atoms with Crippen molar-refractivity contribution in [2.45, 2.75) is 30.8 Å². The van der Waals surface area contributed by atoms with E-state index in [0.717, 1.165) is 0 Å². The van der Waals surface area contributed by atoms with Crippen LogP contribution in [-0.2, 0) is 4.74 Å². The SMILES string of the molecule is OC[C@H]1O[C@H](O)[C@@H](O)[C@@H](F)[C@H]1O. The molecule has 72 valence electrons. The zero-order valence-electron chi connectivity index (χ0n) is 6.17. The topological polar surface area (TPSA) is 90.2 Å². The predicted molar refractivity (Wildman–Crippen MR) is 34.9 cm³/mol. The fourth-order valence-corrected chi connectivity index (χ4v) is 1.06. The van der Waals surface area contributed by atoms with Crippen molar-refractivity contribution in [1.82, 2.24) is 0 Å². The Kier molecular flexibility index (Phi) is 2.97. The summed E-state index contributed by atoms with van der Waals surface area (Å²) in [6, 6.07) is 0. The Morgan fingerprint density at radius 2 is 1.75 bits per heavy atom. The second-order valence-corrected chi connectivity index (χ2v) is 2.67. The molecular weight excluding hydrogens is 171 g/mol. The van der Waals surface area contributed by atoms with Gasteiger partial charge in [-0.1, -0.05) is 0 Å². The normalized spacial score (nSPS) is 49.2. The molecule has 0 spiro atoms. The Bertz CT molecular complexity index is 150. The molecule has 0 bridgehead atoms. The molecule has 5 nitrogen and oxygen atoms in total. The highest BCUT2D eigenvalue weighted by atomic mass is 19.1. The second-order valence-electron chi connectivity index (χ2n) is 2.67. The van der Waals surface area contributed by atoms with Gasteiger partial charge in [0.1, 0.15) is 18.3 Å². The monoisotopic (exact) mass is 182 g/mol. The fourth-order valence-electron chi connectivity index (χ4n) is 1.06. The molecule has 0 aliphatic carbocycles. The molecule has 0 saturated carbocycles. The summed E-state index contributed by atoms with van der Waals surface area (Å²) in [7, 11) is 0. The van der Waals surface area contributed by atoms with Gasteiger partial charge in [-0.05, 0) is 0 Å². The van der Waals surface area contributed by atoms with E-state index in [4.69, 9.17) is 20.4 Å². The van der Waals surface area contributed by atoms with Crippen LogP contribution in [0.4, 0.5) is 4.39 Å². The van der Waals surface area contributed by atoms with Crippen LogP contribution < -0.4 is 0 Å². The molecule has 0 aromatic heterocycles. The van der Waals surface area contributed by atoms with E-state index in [1.165, 1.54) is 0 Å². The molecule has 0 radical (unpaired) electrons. The minimum atomic E-state index is -1.99. The molecule has 0 amide bonds. The Morgan fingerprint density at radius 3 is 2.25 bits per heavy atom. The minimum Gasteiger partial charge on any atom is -0.394 e. The van der Waals surface area contributed by atoms with Crippen LogP contribution in [0.15, 0.2) is 0 Å². The third-order valence-corrected chi connectivity index (χ3v) is 1.82. The van der Waals surface area contributed by atoms with Gasteiger partial charge >= 0.3 is 0 Å². The highest BCUT2D eigenvalue weighted by molar-refractivity contribution is 4.88. The van der Waals surface area contributed by atoms with E-state index in [0.29, 0.717) is 0 Å². The first-order valence-corrected chi connectivity index (χ1v) is 3.52. The molecular formula is C6H11FO5. The molecule has 5 atom stereocenters. The van der Waals surface area contributed by atoms with Crippen molar-refractivity contribution in [3.63, 3.8) is 0 Å². The summed E-state index contributed by atoms with van der Waals surface area (Å²) in [6.45, 7) is -0.606. The summed E-state index contributed by atoms with van der Waals surface area (Å²) in [5.41, 5.74) is 0. The van der Waals surface area contributed by atoms with Gasteiger partial charge in [0.2, 0.25) is 0 Å². The Balaban J connectivity index is 2.63. The van der Waals surface area contributed by atoms with Crippen molar-refractivity contribution >= 4 is 0 Å². The molecule has 1 aliphatic heterocycles. The average molecular weight is 182 g/mol. The summed E-state index contributed by atoms with van der Waals surface area (Å²) in [4.78, 5) is 0. The highest BCUT2D eigenvalue weighted by Crippen LogP contribution is 2.21. The van der Waals surface area contributed by atoms with Crippen LogP contribution in [0, 0.1) is 0 Å². The van der Waals surface area contributed by atoms with E-state index < -0.39 is 37.4 Å². The van der Waals surface area contributed by atoms with Crippen molar-refractivity contribution < 1.29 is 29.6 Å². The molecule has 1 rings (SSSR count). The molecule has 4 N–H and O–H groups in total. The standard InChI is InChI=1S/C6H11FO5/c7-3-4(9)2(1-8)12-6(11)5(3)10/h2-6,8-11H,1H2/t2-,3+,4+,5+,6+/m1/s1. The lowest BCUT2D eigenvalue weighted by Crippen LogP contribution is -2.56. The van der Waals surface area contributed by atoms with Gasteiger partial charge in [0.05, 0.1) is 6.61 Å². The van der Waals surface area contributed by atoms with Gasteiger partial charge in [0.15, 0.2) is 12.5 Å². The molecule has 0 unspecified atom stereocenters. The first kappa shape index (κ1) is 9.82. The van der Waals surface area contributed by atoms with E-state index in [-0.39, 0.29) is 0 Å². The molecule has 1 heterocycles. The lowest BCUT2D eigenvalue weighted by Gasteiger charge is -2.36. The summed E-state index contributed by atoms with van der Waals surface area (Å²) in [6.07, 6.45) is -8.24. The molecule has 0 aromatic carbocycles. The summed E-state index contributed by atoms with van der Waals surface area (Å²) < 4.78 is 17.3. The number of aliphatic hydroxyl groups excluding tert-OH is 4. The molecule has 1 saturated heterocycles. The van der Waals surface area contributed by atoms with Crippen LogP contribution in [0.1, 0.15) is 0 Å². The first-order valence-electron chi connectivity index (χ1n) is 3.52. The third kappa shape index (κ3) is 1.57. The van der Waals surface area contributed by atoms with Gasteiger partial charge in [-0.2, -0.15) is 0 Å². The zero-order chi connectivity index (χ0) is 9.30. The molecule has 1 fully saturated rings. The molecule has 6 heteroatoms. The largest absolute Gasteiger partial charge is 0.394 e. The number of halogens is 1. The second kappa shape index (κ2) is 3.63. The van der Waals surface area contributed by atoms with Gasteiger partial charge in [-0.25, -0.2) is 4.39 Å². The average Bonchev–Trinajstić information content (AvgIpc) is 2.08. The minimum absolute atomic E-state index is 0.606. The maximum absolute atomic E-state index is 12.8. The highest BCUT2D eigenvalue weighted by Gasteiger charge is 2.43. The van der Waals surface area contributed by atoms with Gasteiger partial charge < -0.3 is 25.2 Å². The Hall–Kier alpha value is -0.270. The van der Waals surface area contributed by atoms with Crippen LogP contribution in [0.2, 0.25) is 0 Å². The first-order chi connectivity index (χ1) is 5.57. The van der Waals surface area contributed by atoms with Crippen LogP contribution in [-0.4, -0.2) is 57.8 Å². The number of hydrogen-bond acceptors (Lipinski definition) is 5. The number of ether oxygens (including phenoxy) is 1. The predicted octanol–water partition coefficient (Wildman–Crippen LogP) is -2.24. The van der Waals surface area contributed by atoms with Crippen LogP contribution in [0.3, 0.4) is 0 Å². The number of alkyl halides is 1. The number of hydrogen-bond donors (Lipinski definition) is 4. The van der Waals surface area contributed by atoms with Gasteiger partial charge in [-0.15, -0.1) is 0 Å². The summed E-state index contributed by atoms with van der Waals surface area (Å²) in [5, 5.41) is 35.2. The zero-order valence-corrected chi connectivity index (χ0v) is 6.17. The molecule has 12 heavy (non-hydrogen) atoms. The van der Waals surface area contributed by atoms with Gasteiger partial charge in [0.25, 0.3) is 0 Å². The van der Waals surface area contributed by atoms with E-state index in [1.807, 2.05) is 0 Å². The molecule has 1 aliphatic rings. The Morgan fingerprint density at radius 1 is 1.17 bits per heavy atom. The van der Waals surface area contributed by atoms with Gasteiger partial charge in [-0.3, -0.25) is 0 Å². The smallest absolute Gasteiger partial charge is 0.184 e. The summed E-state index contributed by atoms with van der Waals surface area (Å²) >= 11 is 0. The lowest BCUT2D eigenvalue weighted by atomic mass is 10.0. The van der Waals surface area contributed by atoms with E-state index >= 15 is 0 Å². The van der Waals surface area contributed by atoms with Gasteiger partial charge in [0, 0.05) is 0 Å². The fraction of sp³-hybridized carbons (Fsp3) is 1.00.